The zero-order valence-electron chi connectivity index (χ0n) is 11.8. The summed E-state index contributed by atoms with van der Waals surface area (Å²) >= 11 is 0. The molecule has 1 saturated heterocycles. The Kier molecular flexibility index (Phi) is 3.37. The molecular weight excluding hydrogens is 270 g/mol. The first-order valence-corrected chi connectivity index (χ1v) is 7.00. The number of hydrogen-bond acceptors (Lipinski definition) is 3. The van der Waals surface area contributed by atoms with E-state index in [-0.39, 0.29) is 18.4 Å². The van der Waals surface area contributed by atoms with Crippen molar-refractivity contribution >= 4 is 17.4 Å². The molecule has 2 aromatic rings. The predicted molar refractivity (Wildman–Crippen MR) is 76.0 cm³/mol. The van der Waals surface area contributed by atoms with Gasteiger partial charge in [0.2, 0.25) is 0 Å². The van der Waals surface area contributed by atoms with E-state index < -0.39 is 11.9 Å². The van der Waals surface area contributed by atoms with Crippen LogP contribution < -0.4 is 0 Å². The third-order valence-corrected chi connectivity index (χ3v) is 3.95. The van der Waals surface area contributed by atoms with Gasteiger partial charge in [0.1, 0.15) is 0 Å². The van der Waals surface area contributed by atoms with Crippen LogP contribution in [0.25, 0.3) is 5.52 Å². The van der Waals surface area contributed by atoms with Gasteiger partial charge in [-0.05, 0) is 24.5 Å². The van der Waals surface area contributed by atoms with Crippen LogP contribution in [-0.4, -0.2) is 44.6 Å². The molecule has 3 heterocycles. The monoisotopic (exact) mass is 287 g/mol. The maximum absolute atomic E-state index is 12.7. The molecule has 2 atom stereocenters. The number of pyridine rings is 1. The van der Waals surface area contributed by atoms with Crippen molar-refractivity contribution in [3.63, 3.8) is 0 Å². The van der Waals surface area contributed by atoms with Gasteiger partial charge >= 0.3 is 5.97 Å². The number of carbonyl (C=O) groups excluding carboxylic acids is 1. The Morgan fingerprint density at radius 3 is 2.90 bits per heavy atom. The van der Waals surface area contributed by atoms with Gasteiger partial charge in [-0.25, -0.2) is 4.52 Å². The van der Waals surface area contributed by atoms with Crippen molar-refractivity contribution in [3.05, 3.63) is 36.2 Å². The number of likely N-dealkylation sites (tertiary alicyclic amines) is 1. The lowest BCUT2D eigenvalue weighted by Crippen LogP contribution is -2.45. The first kappa shape index (κ1) is 13.6. The molecule has 0 spiro atoms. The number of carboxylic acid groups (broad SMARTS) is 1. The SMILES string of the molecule is CC1CC(C(=O)O)CN(C(=O)c2cnn3ccccc23)C1. The van der Waals surface area contributed by atoms with E-state index in [0.29, 0.717) is 18.5 Å². The third kappa shape index (κ3) is 2.49. The van der Waals surface area contributed by atoms with E-state index >= 15 is 0 Å². The maximum atomic E-state index is 12.7. The van der Waals surface area contributed by atoms with Crippen molar-refractivity contribution in [1.82, 2.24) is 14.5 Å². The van der Waals surface area contributed by atoms with Gasteiger partial charge in [-0.2, -0.15) is 5.10 Å². The quantitative estimate of drug-likeness (QED) is 0.908. The molecule has 110 valence electrons. The van der Waals surface area contributed by atoms with Crippen molar-refractivity contribution in [3.8, 4) is 0 Å². The topological polar surface area (TPSA) is 74.9 Å². The van der Waals surface area contributed by atoms with Crippen molar-refractivity contribution in [2.75, 3.05) is 13.1 Å². The molecular formula is C15H17N3O3. The minimum absolute atomic E-state index is 0.144. The van der Waals surface area contributed by atoms with Gasteiger partial charge in [0.05, 0.1) is 23.2 Å². The minimum Gasteiger partial charge on any atom is -0.481 e. The number of amides is 1. The van der Waals surface area contributed by atoms with Crippen LogP contribution in [0.5, 0.6) is 0 Å². The second-order valence-electron chi connectivity index (χ2n) is 5.67. The van der Waals surface area contributed by atoms with E-state index in [2.05, 4.69) is 5.10 Å². The second-order valence-corrected chi connectivity index (χ2v) is 5.67. The summed E-state index contributed by atoms with van der Waals surface area (Å²) in [4.78, 5) is 25.5. The van der Waals surface area contributed by atoms with Crippen LogP contribution in [0.3, 0.4) is 0 Å². The summed E-state index contributed by atoms with van der Waals surface area (Å²) < 4.78 is 1.65. The fourth-order valence-electron chi connectivity index (χ4n) is 2.97. The average Bonchev–Trinajstić information content (AvgIpc) is 2.89. The average molecular weight is 287 g/mol. The normalized spacial score (nSPS) is 22.4. The van der Waals surface area contributed by atoms with Gasteiger partial charge in [0.25, 0.3) is 5.91 Å². The molecule has 1 fully saturated rings. The first-order chi connectivity index (χ1) is 10.1. The summed E-state index contributed by atoms with van der Waals surface area (Å²) in [5, 5.41) is 13.4. The Morgan fingerprint density at radius 1 is 1.33 bits per heavy atom. The van der Waals surface area contributed by atoms with Gasteiger partial charge in [0.15, 0.2) is 0 Å². The summed E-state index contributed by atoms with van der Waals surface area (Å²) in [5.74, 6) is -1.28. The molecule has 21 heavy (non-hydrogen) atoms. The highest BCUT2D eigenvalue weighted by atomic mass is 16.4. The molecule has 0 bridgehead atoms. The van der Waals surface area contributed by atoms with Gasteiger partial charge in [-0.3, -0.25) is 9.59 Å². The summed E-state index contributed by atoms with van der Waals surface area (Å²) in [6.45, 7) is 2.83. The van der Waals surface area contributed by atoms with Crippen LogP contribution in [0.15, 0.2) is 30.6 Å². The summed E-state index contributed by atoms with van der Waals surface area (Å²) in [7, 11) is 0. The van der Waals surface area contributed by atoms with Crippen LogP contribution in [-0.2, 0) is 4.79 Å². The van der Waals surface area contributed by atoms with E-state index in [9.17, 15) is 14.7 Å². The molecule has 1 aliphatic heterocycles. The number of carboxylic acids is 1. The molecule has 1 N–H and O–H groups in total. The smallest absolute Gasteiger partial charge is 0.308 e. The Bertz CT molecular complexity index is 694. The van der Waals surface area contributed by atoms with Crippen LogP contribution in [0.2, 0.25) is 0 Å². The Morgan fingerprint density at radius 2 is 2.14 bits per heavy atom. The molecule has 6 heteroatoms. The summed E-state index contributed by atoms with van der Waals surface area (Å²) in [5.41, 5.74) is 1.27. The highest BCUT2D eigenvalue weighted by Crippen LogP contribution is 2.24. The first-order valence-electron chi connectivity index (χ1n) is 7.00. The number of rotatable bonds is 2. The van der Waals surface area contributed by atoms with E-state index in [4.69, 9.17) is 0 Å². The van der Waals surface area contributed by atoms with Gasteiger partial charge < -0.3 is 10.0 Å². The summed E-state index contributed by atoms with van der Waals surface area (Å²) in [6.07, 6.45) is 3.95. The van der Waals surface area contributed by atoms with Crippen molar-refractivity contribution in [1.29, 1.82) is 0 Å². The molecule has 0 aliphatic carbocycles. The highest BCUT2D eigenvalue weighted by Gasteiger charge is 2.33. The van der Waals surface area contributed by atoms with E-state index in [1.54, 1.807) is 21.8 Å². The number of hydrogen-bond donors (Lipinski definition) is 1. The third-order valence-electron chi connectivity index (χ3n) is 3.95. The van der Waals surface area contributed by atoms with Gasteiger partial charge in [-0.1, -0.05) is 13.0 Å². The van der Waals surface area contributed by atoms with E-state index in [0.717, 1.165) is 5.52 Å². The lowest BCUT2D eigenvalue weighted by molar-refractivity contribution is -0.143. The molecule has 1 amide bonds. The predicted octanol–water partition coefficient (Wildman–Crippen LogP) is 1.52. The second kappa shape index (κ2) is 5.20. The fraction of sp³-hybridized carbons (Fsp3) is 0.400. The standard InChI is InChI=1S/C15H17N3O3/c1-10-6-11(15(20)21)9-17(8-10)14(19)12-7-16-18-5-3-2-4-13(12)18/h2-5,7,10-11H,6,8-9H2,1H3,(H,20,21). The maximum Gasteiger partial charge on any atom is 0.308 e. The van der Waals surface area contributed by atoms with Crippen LogP contribution >= 0.6 is 0 Å². The molecule has 0 saturated carbocycles. The molecule has 2 aromatic heterocycles. The van der Waals surface area contributed by atoms with E-state index in [1.165, 1.54) is 0 Å². The van der Waals surface area contributed by atoms with E-state index in [1.807, 2.05) is 25.1 Å². The molecule has 3 rings (SSSR count). The number of carbonyl (C=O) groups is 2. The molecule has 0 radical (unpaired) electrons. The van der Waals surface area contributed by atoms with Crippen LogP contribution in [0, 0.1) is 11.8 Å². The van der Waals surface area contributed by atoms with Crippen molar-refractivity contribution < 1.29 is 14.7 Å². The van der Waals surface area contributed by atoms with Gasteiger partial charge in [-0.15, -0.1) is 0 Å². The largest absolute Gasteiger partial charge is 0.481 e. The van der Waals surface area contributed by atoms with Crippen molar-refractivity contribution in [2.45, 2.75) is 13.3 Å². The number of piperidine rings is 1. The molecule has 6 nitrogen and oxygen atoms in total. The lowest BCUT2D eigenvalue weighted by Gasteiger charge is -2.34. The number of fused-ring (bicyclic) bond motifs is 1. The molecule has 1 aliphatic rings. The minimum atomic E-state index is -0.834. The number of nitrogens with zero attached hydrogens (tertiary/aromatic N) is 3. The Labute approximate surface area is 122 Å². The zero-order chi connectivity index (χ0) is 15.0. The zero-order valence-corrected chi connectivity index (χ0v) is 11.8. The van der Waals surface area contributed by atoms with Crippen molar-refractivity contribution in [2.24, 2.45) is 11.8 Å². The number of aromatic nitrogens is 2. The molecule has 2 unspecified atom stereocenters. The molecule has 0 aromatic carbocycles. The fourth-order valence-corrected chi connectivity index (χ4v) is 2.97. The van der Waals surface area contributed by atoms with Crippen LogP contribution in [0.4, 0.5) is 0 Å². The summed E-state index contributed by atoms with van der Waals surface area (Å²) in [6, 6.07) is 5.53. The Hall–Kier alpha value is -2.37. The lowest BCUT2D eigenvalue weighted by atomic mass is 9.90. The Balaban J connectivity index is 1.89. The highest BCUT2D eigenvalue weighted by molar-refractivity contribution is 6.00. The number of aliphatic carboxylic acids is 1. The van der Waals surface area contributed by atoms with Gasteiger partial charge in [0, 0.05) is 19.3 Å². The van der Waals surface area contributed by atoms with Crippen LogP contribution in [0.1, 0.15) is 23.7 Å².